The third kappa shape index (κ3) is 4.95. The maximum Gasteiger partial charge on any atom is 0.338 e. The maximum atomic E-state index is 14.6. The van der Waals surface area contributed by atoms with E-state index in [-0.39, 0.29) is 23.4 Å². The van der Waals surface area contributed by atoms with Gasteiger partial charge in [0.15, 0.2) is 5.78 Å². The Labute approximate surface area is 242 Å². The minimum Gasteiger partial charge on any atom is -0.497 e. The minimum atomic E-state index is -1.16. The number of esters is 2. The number of nitrogens with zero attached hydrogens (tertiary/aromatic N) is 1. The lowest BCUT2D eigenvalue weighted by atomic mass is 9.67. The Bertz CT molecular complexity index is 1560. The zero-order valence-electron chi connectivity index (χ0n) is 22.8. The number of ketones is 1. The van der Waals surface area contributed by atoms with Crippen molar-refractivity contribution in [1.82, 2.24) is 0 Å². The van der Waals surface area contributed by atoms with E-state index in [0.29, 0.717) is 27.7 Å². The fraction of sp³-hybridized carbons (Fsp3) is 0.219. The fourth-order valence-corrected chi connectivity index (χ4v) is 5.99. The molecule has 41 heavy (non-hydrogen) atoms. The molecule has 0 bridgehead atoms. The molecule has 0 saturated carbocycles. The first-order valence-corrected chi connectivity index (χ1v) is 13.4. The lowest BCUT2D eigenvalue weighted by molar-refractivity contribution is -0.150. The van der Waals surface area contributed by atoms with E-state index in [1.165, 1.54) is 14.2 Å². The first-order chi connectivity index (χ1) is 19.8. The zero-order chi connectivity index (χ0) is 29.3. The Morgan fingerprint density at radius 3 is 2.22 bits per heavy atom. The van der Waals surface area contributed by atoms with Gasteiger partial charge in [-0.25, -0.2) is 4.79 Å². The summed E-state index contributed by atoms with van der Waals surface area (Å²) in [7, 11) is 4.08. The van der Waals surface area contributed by atoms with Gasteiger partial charge in [0.25, 0.3) is 0 Å². The van der Waals surface area contributed by atoms with E-state index < -0.39 is 35.5 Å². The van der Waals surface area contributed by atoms with Crippen LogP contribution in [-0.4, -0.2) is 39.1 Å². The van der Waals surface area contributed by atoms with Gasteiger partial charge in [-0.3, -0.25) is 14.5 Å². The standard InChI is InChI=1S/C32H29ClN2O6/c1-39-22-14-12-18(13-15-22)23-17-24-27(29(36)26(23)31(37)40-2)25(19-8-7-9-20(33)16-19)28(32(38)41-3)30(34)35(24)21-10-5-4-6-11-21/h4-16,23,25-26H,17,34H2,1-3H3/t23-,25+,26+/m0/s1. The Morgan fingerprint density at radius 1 is 0.902 bits per heavy atom. The number of halogens is 1. The van der Waals surface area contributed by atoms with Crippen LogP contribution in [0.2, 0.25) is 5.02 Å². The van der Waals surface area contributed by atoms with Gasteiger partial charge in [-0.1, -0.05) is 54.1 Å². The molecule has 1 heterocycles. The molecule has 8 nitrogen and oxygen atoms in total. The van der Waals surface area contributed by atoms with Gasteiger partial charge in [0, 0.05) is 27.9 Å². The second-order valence-electron chi connectivity index (χ2n) is 9.76. The Balaban J connectivity index is 1.81. The molecule has 0 saturated heterocycles. The Kier molecular flexibility index (Phi) is 7.85. The van der Waals surface area contributed by atoms with Crippen LogP contribution in [0.5, 0.6) is 5.75 Å². The third-order valence-electron chi connectivity index (χ3n) is 7.64. The van der Waals surface area contributed by atoms with Gasteiger partial charge in [0.2, 0.25) is 0 Å². The highest BCUT2D eigenvalue weighted by molar-refractivity contribution is 6.30. The molecule has 9 heteroatoms. The van der Waals surface area contributed by atoms with Crippen molar-refractivity contribution < 1.29 is 28.6 Å². The van der Waals surface area contributed by atoms with Crippen molar-refractivity contribution in [2.45, 2.75) is 18.3 Å². The number of hydrogen-bond acceptors (Lipinski definition) is 8. The van der Waals surface area contributed by atoms with Gasteiger partial charge in [-0.15, -0.1) is 0 Å². The maximum absolute atomic E-state index is 14.6. The number of carbonyl (C=O) groups is 3. The number of methoxy groups -OCH3 is 3. The highest BCUT2D eigenvalue weighted by Crippen LogP contribution is 2.51. The van der Waals surface area contributed by atoms with E-state index in [2.05, 4.69) is 0 Å². The van der Waals surface area contributed by atoms with Crippen LogP contribution in [0.15, 0.2) is 102 Å². The van der Waals surface area contributed by atoms with Crippen LogP contribution < -0.4 is 15.4 Å². The molecule has 0 amide bonds. The molecule has 1 aliphatic carbocycles. The molecule has 0 radical (unpaired) electrons. The molecule has 2 aliphatic rings. The van der Waals surface area contributed by atoms with Crippen molar-refractivity contribution in [2.75, 3.05) is 26.2 Å². The molecule has 1 aliphatic heterocycles. The summed E-state index contributed by atoms with van der Waals surface area (Å²) in [5.74, 6) is -3.70. The van der Waals surface area contributed by atoms with E-state index in [4.69, 9.17) is 31.5 Å². The topological polar surface area (TPSA) is 108 Å². The lowest BCUT2D eigenvalue weighted by Gasteiger charge is -2.44. The average molecular weight is 573 g/mol. The summed E-state index contributed by atoms with van der Waals surface area (Å²) in [6.45, 7) is 0. The molecular weight excluding hydrogens is 544 g/mol. The monoisotopic (exact) mass is 572 g/mol. The Hall–Kier alpha value is -4.56. The lowest BCUT2D eigenvalue weighted by Crippen LogP contribution is -2.46. The van der Waals surface area contributed by atoms with Gasteiger partial charge >= 0.3 is 11.9 Å². The molecule has 3 aromatic rings. The van der Waals surface area contributed by atoms with Crippen molar-refractivity contribution in [3.8, 4) is 5.75 Å². The van der Waals surface area contributed by atoms with E-state index in [9.17, 15) is 14.4 Å². The second-order valence-corrected chi connectivity index (χ2v) is 10.2. The van der Waals surface area contributed by atoms with Gasteiger partial charge < -0.3 is 19.9 Å². The minimum absolute atomic E-state index is 0.0808. The number of para-hydroxylation sites is 1. The van der Waals surface area contributed by atoms with Gasteiger partial charge in [-0.2, -0.15) is 0 Å². The predicted molar refractivity (Wildman–Crippen MR) is 154 cm³/mol. The van der Waals surface area contributed by atoms with Gasteiger partial charge in [0.05, 0.1) is 32.8 Å². The number of anilines is 1. The summed E-state index contributed by atoms with van der Waals surface area (Å²) < 4.78 is 15.6. The Morgan fingerprint density at radius 2 is 1.61 bits per heavy atom. The van der Waals surface area contributed by atoms with E-state index in [1.54, 1.807) is 48.4 Å². The van der Waals surface area contributed by atoms with Crippen LogP contribution in [0.3, 0.4) is 0 Å². The predicted octanol–water partition coefficient (Wildman–Crippen LogP) is 5.10. The van der Waals surface area contributed by atoms with E-state index >= 15 is 0 Å². The molecule has 0 unspecified atom stereocenters. The van der Waals surface area contributed by atoms with Crippen LogP contribution in [0.4, 0.5) is 5.69 Å². The van der Waals surface area contributed by atoms with Crippen LogP contribution >= 0.6 is 11.6 Å². The largest absolute Gasteiger partial charge is 0.497 e. The SMILES string of the molecule is COC(=O)C1=C(N)N(c2ccccc2)C2=C(C(=O)[C@H](C(=O)OC)[C@H](c3ccc(OC)cc3)C2)[C@H]1c1cccc(Cl)c1. The highest BCUT2D eigenvalue weighted by Gasteiger charge is 2.51. The summed E-state index contributed by atoms with van der Waals surface area (Å²) in [5, 5.41) is 0.418. The van der Waals surface area contributed by atoms with Crippen molar-refractivity contribution in [1.29, 1.82) is 0 Å². The normalized spacial score (nSPS) is 20.4. The van der Waals surface area contributed by atoms with E-state index in [1.807, 2.05) is 42.5 Å². The number of carbonyl (C=O) groups excluding carboxylic acids is 3. The molecule has 3 atom stereocenters. The van der Waals surface area contributed by atoms with Crippen molar-refractivity contribution in [3.05, 3.63) is 118 Å². The number of allylic oxidation sites excluding steroid dienone is 2. The third-order valence-corrected chi connectivity index (χ3v) is 7.87. The van der Waals surface area contributed by atoms with Crippen LogP contribution in [-0.2, 0) is 23.9 Å². The molecule has 0 aromatic heterocycles. The number of hydrogen-bond donors (Lipinski definition) is 1. The number of benzene rings is 3. The quantitative estimate of drug-likeness (QED) is 0.321. The fourth-order valence-electron chi connectivity index (χ4n) is 5.79. The van der Waals surface area contributed by atoms with Crippen LogP contribution in [0.25, 0.3) is 0 Å². The zero-order valence-corrected chi connectivity index (χ0v) is 23.6. The second kappa shape index (κ2) is 11.5. The van der Waals surface area contributed by atoms with E-state index in [0.717, 1.165) is 5.56 Å². The summed E-state index contributed by atoms with van der Waals surface area (Å²) in [5.41, 5.74) is 9.72. The molecule has 0 fully saturated rings. The summed E-state index contributed by atoms with van der Waals surface area (Å²) in [6.07, 6.45) is 0.258. The molecule has 210 valence electrons. The number of ether oxygens (including phenoxy) is 3. The molecule has 2 N–H and O–H groups in total. The van der Waals surface area contributed by atoms with Gasteiger partial charge in [-0.05, 0) is 53.9 Å². The smallest absolute Gasteiger partial charge is 0.338 e. The molecule has 5 rings (SSSR count). The van der Waals surface area contributed by atoms with Crippen LogP contribution in [0.1, 0.15) is 29.4 Å². The summed E-state index contributed by atoms with van der Waals surface area (Å²) in [6, 6.07) is 23.3. The molecular formula is C32H29ClN2O6. The summed E-state index contributed by atoms with van der Waals surface area (Å²) >= 11 is 6.37. The molecule has 3 aromatic carbocycles. The van der Waals surface area contributed by atoms with Crippen LogP contribution in [0, 0.1) is 5.92 Å². The first-order valence-electron chi connectivity index (χ1n) is 13.0. The van der Waals surface area contributed by atoms with Crippen molar-refractivity contribution in [3.63, 3.8) is 0 Å². The summed E-state index contributed by atoms with van der Waals surface area (Å²) in [4.78, 5) is 43.0. The molecule has 0 spiro atoms. The number of nitrogens with two attached hydrogens (primary N) is 1. The van der Waals surface area contributed by atoms with Crippen molar-refractivity contribution >= 4 is 35.0 Å². The van der Waals surface area contributed by atoms with Crippen molar-refractivity contribution in [2.24, 2.45) is 11.7 Å². The first kappa shape index (κ1) is 28.0. The highest BCUT2D eigenvalue weighted by atomic mass is 35.5. The van der Waals surface area contributed by atoms with Gasteiger partial charge in [0.1, 0.15) is 17.5 Å². The number of rotatable bonds is 6. The average Bonchev–Trinajstić information content (AvgIpc) is 3.00. The number of Topliss-reactive ketones (excluding diaryl/α,β-unsaturated/α-hetero) is 1.